The minimum atomic E-state index is -0.608. The van der Waals surface area contributed by atoms with Crippen molar-refractivity contribution in [2.24, 2.45) is 0 Å². The lowest BCUT2D eigenvalue weighted by Gasteiger charge is -2.13. The first-order valence-corrected chi connectivity index (χ1v) is 9.10. The Hall–Kier alpha value is -3.86. The zero-order chi connectivity index (χ0) is 21.7. The van der Waals surface area contributed by atoms with Gasteiger partial charge in [-0.2, -0.15) is 0 Å². The maximum atomic E-state index is 14.5. The Morgan fingerprint density at radius 3 is 2.77 bits per heavy atom. The topological polar surface area (TPSA) is 84.9 Å². The number of hydrogen-bond acceptors (Lipinski definition) is 5. The Morgan fingerprint density at radius 2 is 2.07 bits per heavy atom. The molecular weight excluding hydrogens is 391 g/mol. The predicted molar refractivity (Wildman–Crippen MR) is 106 cm³/mol. The van der Waals surface area contributed by atoms with Gasteiger partial charge in [0.15, 0.2) is 0 Å². The molecule has 8 heteroatoms. The molecule has 0 aliphatic carbocycles. The van der Waals surface area contributed by atoms with E-state index in [0.717, 1.165) is 0 Å². The van der Waals surface area contributed by atoms with E-state index in [2.05, 4.69) is 21.9 Å². The number of carbonyl (C=O) groups excluding carboxylic acids is 3. The number of cyclic esters (lactones) is 1. The number of carbonyl (C=O) groups is 3. The van der Waals surface area contributed by atoms with Crippen LogP contribution in [0.3, 0.4) is 0 Å². The Balaban J connectivity index is 1.74. The zero-order valence-electron chi connectivity index (χ0n) is 16.4. The fourth-order valence-electron chi connectivity index (χ4n) is 2.85. The minimum absolute atomic E-state index is 0.143. The van der Waals surface area contributed by atoms with E-state index < -0.39 is 24.0 Å². The third-order valence-corrected chi connectivity index (χ3v) is 4.34. The summed E-state index contributed by atoms with van der Waals surface area (Å²) in [7, 11) is 1.29. The first-order chi connectivity index (χ1) is 14.4. The molecular formula is C22H19FN2O5. The first kappa shape index (κ1) is 20.9. The van der Waals surface area contributed by atoms with Crippen molar-refractivity contribution in [3.05, 3.63) is 65.0 Å². The normalized spacial score (nSPS) is 15.1. The lowest BCUT2D eigenvalue weighted by molar-refractivity contribution is -0.119. The number of benzene rings is 2. The lowest BCUT2D eigenvalue weighted by atomic mass is 10.1. The number of methoxy groups -OCH3 is 1. The molecule has 0 radical (unpaired) electrons. The van der Waals surface area contributed by atoms with Crippen molar-refractivity contribution in [2.45, 2.75) is 13.0 Å². The summed E-state index contributed by atoms with van der Waals surface area (Å²) in [6.45, 7) is 1.76. The number of ether oxygens (including phenoxy) is 2. The van der Waals surface area contributed by atoms with Gasteiger partial charge in [0.05, 0.1) is 37.0 Å². The van der Waals surface area contributed by atoms with Gasteiger partial charge >= 0.3 is 12.1 Å². The van der Waals surface area contributed by atoms with Gasteiger partial charge in [0.1, 0.15) is 11.9 Å². The van der Waals surface area contributed by atoms with Gasteiger partial charge in [-0.15, -0.1) is 0 Å². The molecule has 0 bridgehead atoms. The van der Waals surface area contributed by atoms with Gasteiger partial charge in [0.2, 0.25) is 5.91 Å². The van der Waals surface area contributed by atoms with Gasteiger partial charge in [-0.05, 0) is 36.4 Å². The van der Waals surface area contributed by atoms with Crippen LogP contribution in [-0.2, 0) is 14.3 Å². The zero-order valence-corrected chi connectivity index (χ0v) is 16.4. The Bertz CT molecular complexity index is 1060. The second kappa shape index (κ2) is 9.09. The van der Waals surface area contributed by atoms with E-state index in [1.54, 1.807) is 30.3 Å². The highest BCUT2D eigenvalue weighted by atomic mass is 19.1. The summed E-state index contributed by atoms with van der Waals surface area (Å²) in [6.07, 6.45) is -1.12. The largest absolute Gasteiger partial charge is 0.465 e. The molecule has 1 heterocycles. The summed E-state index contributed by atoms with van der Waals surface area (Å²) in [5.41, 5.74) is 1.36. The molecule has 2 aromatic carbocycles. The van der Waals surface area contributed by atoms with Crippen LogP contribution in [0.1, 0.15) is 28.4 Å². The third kappa shape index (κ3) is 4.94. The summed E-state index contributed by atoms with van der Waals surface area (Å²) in [5, 5.41) is 2.58. The molecule has 7 nitrogen and oxygen atoms in total. The van der Waals surface area contributed by atoms with E-state index in [1.807, 2.05) is 0 Å². The second-order valence-corrected chi connectivity index (χ2v) is 6.54. The molecule has 1 saturated heterocycles. The number of amides is 2. The van der Waals surface area contributed by atoms with Crippen LogP contribution in [-0.4, -0.2) is 44.3 Å². The van der Waals surface area contributed by atoms with Crippen LogP contribution in [0.4, 0.5) is 14.9 Å². The molecule has 1 fully saturated rings. The van der Waals surface area contributed by atoms with Gasteiger partial charge in [-0.25, -0.2) is 14.0 Å². The van der Waals surface area contributed by atoms with E-state index >= 15 is 0 Å². The maximum absolute atomic E-state index is 14.5. The molecule has 30 heavy (non-hydrogen) atoms. The summed E-state index contributed by atoms with van der Waals surface area (Å²) in [5.74, 6) is 4.23. The molecule has 0 spiro atoms. The van der Waals surface area contributed by atoms with E-state index in [9.17, 15) is 18.8 Å². The highest BCUT2D eigenvalue weighted by molar-refractivity contribution is 5.90. The van der Waals surface area contributed by atoms with E-state index in [-0.39, 0.29) is 24.6 Å². The van der Waals surface area contributed by atoms with Crippen molar-refractivity contribution in [1.29, 1.82) is 0 Å². The number of halogens is 1. The quantitative estimate of drug-likeness (QED) is 0.618. The fraction of sp³-hybridized carbons (Fsp3) is 0.227. The van der Waals surface area contributed by atoms with Crippen molar-refractivity contribution in [1.82, 2.24) is 5.32 Å². The van der Waals surface area contributed by atoms with Crippen LogP contribution in [0.2, 0.25) is 0 Å². The van der Waals surface area contributed by atoms with Crippen LogP contribution >= 0.6 is 0 Å². The molecule has 1 N–H and O–H groups in total. The molecule has 2 aromatic rings. The number of esters is 1. The van der Waals surface area contributed by atoms with Crippen LogP contribution in [0.25, 0.3) is 0 Å². The summed E-state index contributed by atoms with van der Waals surface area (Å²) < 4.78 is 24.4. The van der Waals surface area contributed by atoms with Gasteiger partial charge in [0.25, 0.3) is 0 Å². The monoisotopic (exact) mass is 410 g/mol. The minimum Gasteiger partial charge on any atom is -0.465 e. The van der Waals surface area contributed by atoms with Gasteiger partial charge in [0, 0.05) is 12.5 Å². The van der Waals surface area contributed by atoms with Gasteiger partial charge in [-0.1, -0.05) is 17.9 Å². The van der Waals surface area contributed by atoms with E-state index in [1.165, 1.54) is 31.1 Å². The summed E-state index contributed by atoms with van der Waals surface area (Å²) in [4.78, 5) is 35.9. The van der Waals surface area contributed by atoms with Gasteiger partial charge in [-0.3, -0.25) is 9.69 Å². The van der Waals surface area contributed by atoms with Crippen LogP contribution in [0, 0.1) is 17.7 Å². The van der Waals surface area contributed by atoms with Crippen molar-refractivity contribution >= 4 is 23.7 Å². The number of nitrogens with zero attached hydrogens (tertiary/aromatic N) is 1. The number of nitrogens with one attached hydrogen (secondary N) is 1. The molecule has 2 amide bonds. The molecule has 1 atom stereocenters. The lowest BCUT2D eigenvalue weighted by Crippen LogP contribution is -2.33. The van der Waals surface area contributed by atoms with Crippen LogP contribution < -0.4 is 10.2 Å². The molecule has 1 aliphatic rings. The SMILES string of the molecule is COC(=O)c1cccc(C#Cc2ccc(N3C[C@H](CNC(C)=O)OC3=O)cc2F)c1. The molecule has 0 aromatic heterocycles. The maximum Gasteiger partial charge on any atom is 0.414 e. The van der Waals surface area contributed by atoms with Crippen LogP contribution in [0.5, 0.6) is 0 Å². The van der Waals surface area contributed by atoms with Crippen molar-refractivity contribution < 1.29 is 28.2 Å². The summed E-state index contributed by atoms with van der Waals surface area (Å²) >= 11 is 0. The van der Waals surface area contributed by atoms with Crippen molar-refractivity contribution in [3.63, 3.8) is 0 Å². The smallest absolute Gasteiger partial charge is 0.414 e. The molecule has 0 saturated carbocycles. The van der Waals surface area contributed by atoms with Crippen molar-refractivity contribution in [3.8, 4) is 11.8 Å². The average Bonchev–Trinajstić information content (AvgIpc) is 3.11. The highest BCUT2D eigenvalue weighted by Gasteiger charge is 2.32. The van der Waals surface area contributed by atoms with E-state index in [4.69, 9.17) is 4.74 Å². The highest BCUT2D eigenvalue weighted by Crippen LogP contribution is 2.23. The average molecular weight is 410 g/mol. The third-order valence-electron chi connectivity index (χ3n) is 4.34. The molecule has 3 rings (SSSR count). The number of rotatable bonds is 4. The molecule has 1 aliphatic heterocycles. The standard InChI is InChI=1S/C22H19FN2O5/c1-14(26)24-12-19-13-25(22(28)30-19)18-9-8-16(20(23)11-18)7-6-15-4-3-5-17(10-15)21(27)29-2/h3-5,8-11,19H,12-13H2,1-2H3,(H,24,26)/t19-/m0/s1. The Kier molecular flexibility index (Phi) is 6.32. The Labute approximate surface area is 172 Å². The van der Waals surface area contributed by atoms with Crippen LogP contribution in [0.15, 0.2) is 42.5 Å². The Morgan fingerprint density at radius 1 is 1.27 bits per heavy atom. The fourth-order valence-corrected chi connectivity index (χ4v) is 2.85. The number of hydrogen-bond donors (Lipinski definition) is 1. The summed E-state index contributed by atoms with van der Waals surface area (Å²) in [6, 6.07) is 10.8. The number of anilines is 1. The molecule has 0 unspecified atom stereocenters. The molecule has 154 valence electrons. The van der Waals surface area contributed by atoms with Gasteiger partial charge < -0.3 is 14.8 Å². The van der Waals surface area contributed by atoms with Crippen molar-refractivity contribution in [2.75, 3.05) is 25.1 Å². The predicted octanol–water partition coefficient (Wildman–Crippen LogP) is 2.47. The second-order valence-electron chi connectivity index (χ2n) is 6.54. The first-order valence-electron chi connectivity index (χ1n) is 9.10. The van der Waals surface area contributed by atoms with E-state index in [0.29, 0.717) is 16.8 Å².